The molecule has 0 radical (unpaired) electrons. The summed E-state index contributed by atoms with van der Waals surface area (Å²) in [7, 11) is 0. The van der Waals surface area contributed by atoms with Crippen molar-refractivity contribution in [3.05, 3.63) is 35.9 Å². The van der Waals surface area contributed by atoms with Crippen LogP contribution in [0.4, 0.5) is 0 Å². The lowest BCUT2D eigenvalue weighted by Gasteiger charge is -2.18. The van der Waals surface area contributed by atoms with Crippen LogP contribution >= 0.6 is 0 Å². The van der Waals surface area contributed by atoms with Crippen molar-refractivity contribution in [2.45, 2.75) is 57.2 Å². The highest BCUT2D eigenvalue weighted by molar-refractivity contribution is 5.14. The van der Waals surface area contributed by atoms with E-state index in [1.807, 2.05) is 0 Å². The van der Waals surface area contributed by atoms with Gasteiger partial charge in [0.15, 0.2) is 0 Å². The third-order valence-electron chi connectivity index (χ3n) is 4.28. The van der Waals surface area contributed by atoms with E-state index in [2.05, 4.69) is 30.3 Å². The highest BCUT2D eigenvalue weighted by Crippen LogP contribution is 2.41. The van der Waals surface area contributed by atoms with Gasteiger partial charge in [0.1, 0.15) is 0 Å². The Morgan fingerprint density at radius 2 is 1.88 bits per heavy atom. The van der Waals surface area contributed by atoms with Gasteiger partial charge >= 0.3 is 0 Å². The number of fused-ring (bicyclic) bond motifs is 1. The molecule has 3 atom stereocenters. The molecule has 2 fully saturated rings. The zero-order chi connectivity index (χ0) is 11.5. The Balaban J connectivity index is 1.32. The summed E-state index contributed by atoms with van der Waals surface area (Å²) in [5.41, 5.74) is 1.49. The molecule has 3 unspecified atom stereocenters. The van der Waals surface area contributed by atoms with Gasteiger partial charge < -0.3 is 4.74 Å². The van der Waals surface area contributed by atoms with Crippen molar-refractivity contribution in [1.29, 1.82) is 0 Å². The zero-order valence-corrected chi connectivity index (χ0v) is 10.5. The van der Waals surface area contributed by atoms with E-state index in [0.29, 0.717) is 12.2 Å². The van der Waals surface area contributed by atoms with Crippen LogP contribution in [-0.2, 0) is 11.2 Å². The van der Waals surface area contributed by atoms with E-state index < -0.39 is 0 Å². The van der Waals surface area contributed by atoms with Crippen LogP contribution in [0, 0.1) is 5.92 Å². The van der Waals surface area contributed by atoms with Crippen molar-refractivity contribution < 1.29 is 4.74 Å². The first-order valence-electron chi connectivity index (χ1n) is 7.11. The van der Waals surface area contributed by atoms with Gasteiger partial charge in [0, 0.05) is 0 Å². The molecule has 0 bridgehead atoms. The molecule has 1 saturated heterocycles. The van der Waals surface area contributed by atoms with Crippen molar-refractivity contribution in [2.24, 2.45) is 5.92 Å². The van der Waals surface area contributed by atoms with Crippen LogP contribution in [0.25, 0.3) is 0 Å². The molecule has 1 aromatic rings. The fourth-order valence-corrected chi connectivity index (χ4v) is 3.16. The van der Waals surface area contributed by atoms with Crippen molar-refractivity contribution >= 4 is 0 Å². The Labute approximate surface area is 104 Å². The predicted molar refractivity (Wildman–Crippen MR) is 70.0 cm³/mol. The van der Waals surface area contributed by atoms with Crippen molar-refractivity contribution in [1.82, 2.24) is 0 Å². The first kappa shape index (κ1) is 11.3. The largest absolute Gasteiger partial charge is 0.370 e. The second-order valence-electron chi connectivity index (χ2n) is 5.62. The number of aryl methyl sites for hydroxylation is 1. The van der Waals surface area contributed by atoms with Gasteiger partial charge in [-0.15, -0.1) is 0 Å². The van der Waals surface area contributed by atoms with Gasteiger partial charge in [-0.05, 0) is 43.6 Å². The fourth-order valence-electron chi connectivity index (χ4n) is 3.16. The normalized spacial score (nSPS) is 30.9. The molecule has 17 heavy (non-hydrogen) atoms. The minimum atomic E-state index is 0.655. The molecule has 1 saturated carbocycles. The first-order chi connectivity index (χ1) is 8.42. The van der Waals surface area contributed by atoms with Crippen molar-refractivity contribution in [3.63, 3.8) is 0 Å². The topological polar surface area (TPSA) is 12.5 Å². The summed E-state index contributed by atoms with van der Waals surface area (Å²) in [6.45, 7) is 0. The average Bonchev–Trinajstić information content (AvgIpc) is 3.14. The first-order valence-corrected chi connectivity index (χ1v) is 7.11. The quantitative estimate of drug-likeness (QED) is 0.551. The zero-order valence-electron chi connectivity index (χ0n) is 10.5. The summed E-state index contributed by atoms with van der Waals surface area (Å²) in [5.74, 6) is 0.953. The maximum absolute atomic E-state index is 5.58. The van der Waals surface area contributed by atoms with Crippen LogP contribution in [0.5, 0.6) is 0 Å². The number of hydrogen-bond donors (Lipinski definition) is 0. The SMILES string of the molecule is c1ccc(CCCCC2CCC3OC3C2)cc1. The monoisotopic (exact) mass is 230 g/mol. The third kappa shape index (κ3) is 3.10. The summed E-state index contributed by atoms with van der Waals surface area (Å²) in [6.07, 6.45) is 10.8. The maximum Gasteiger partial charge on any atom is 0.0844 e. The van der Waals surface area contributed by atoms with E-state index in [4.69, 9.17) is 4.74 Å². The molecular formula is C16H22O. The standard InChI is InChI=1S/C16H22O/c1-2-6-13(7-3-1)8-4-5-9-14-10-11-15-16(12-14)17-15/h1-3,6-7,14-16H,4-5,8-12H2. The maximum atomic E-state index is 5.58. The molecule has 1 aliphatic heterocycles. The van der Waals surface area contributed by atoms with Crippen LogP contribution < -0.4 is 0 Å². The molecule has 1 heterocycles. The lowest BCUT2D eigenvalue weighted by atomic mass is 9.85. The van der Waals surface area contributed by atoms with Gasteiger partial charge in [0.05, 0.1) is 12.2 Å². The molecule has 2 aliphatic rings. The van der Waals surface area contributed by atoms with Crippen molar-refractivity contribution in [2.75, 3.05) is 0 Å². The van der Waals surface area contributed by atoms with Crippen LogP contribution in [0.3, 0.4) is 0 Å². The molecule has 3 rings (SSSR count). The summed E-state index contributed by atoms with van der Waals surface area (Å²) >= 11 is 0. The Morgan fingerprint density at radius 3 is 2.71 bits per heavy atom. The number of epoxide rings is 1. The molecule has 1 aromatic carbocycles. The minimum absolute atomic E-state index is 0.655. The molecule has 1 heteroatoms. The van der Waals surface area contributed by atoms with Gasteiger partial charge in [0.25, 0.3) is 0 Å². The second-order valence-corrected chi connectivity index (χ2v) is 5.62. The van der Waals surface area contributed by atoms with Crippen molar-refractivity contribution in [3.8, 4) is 0 Å². The summed E-state index contributed by atoms with van der Waals surface area (Å²) in [5, 5.41) is 0. The Hall–Kier alpha value is -0.820. The highest BCUT2D eigenvalue weighted by Gasteiger charge is 2.43. The van der Waals surface area contributed by atoms with Crippen LogP contribution in [-0.4, -0.2) is 12.2 Å². The minimum Gasteiger partial charge on any atom is -0.370 e. The molecule has 92 valence electrons. The van der Waals surface area contributed by atoms with E-state index in [0.717, 1.165) is 5.92 Å². The van der Waals surface area contributed by atoms with E-state index in [9.17, 15) is 0 Å². The van der Waals surface area contributed by atoms with Crippen LogP contribution in [0.1, 0.15) is 44.1 Å². The Kier molecular flexibility index (Phi) is 3.46. The molecule has 0 amide bonds. The van der Waals surface area contributed by atoms with Gasteiger partial charge in [-0.25, -0.2) is 0 Å². The number of ether oxygens (including phenoxy) is 1. The molecule has 1 nitrogen and oxygen atoms in total. The van der Waals surface area contributed by atoms with Gasteiger partial charge in [0.2, 0.25) is 0 Å². The molecule has 0 aromatic heterocycles. The van der Waals surface area contributed by atoms with E-state index >= 15 is 0 Å². The number of benzene rings is 1. The fraction of sp³-hybridized carbons (Fsp3) is 0.625. The molecule has 1 aliphatic carbocycles. The van der Waals surface area contributed by atoms with E-state index in [1.54, 1.807) is 0 Å². The summed E-state index contributed by atoms with van der Waals surface area (Å²) in [6, 6.07) is 10.9. The van der Waals surface area contributed by atoms with Crippen LogP contribution in [0.15, 0.2) is 30.3 Å². The van der Waals surface area contributed by atoms with Crippen LogP contribution in [0.2, 0.25) is 0 Å². The van der Waals surface area contributed by atoms with Gasteiger partial charge in [-0.3, -0.25) is 0 Å². The van der Waals surface area contributed by atoms with E-state index in [-0.39, 0.29) is 0 Å². The predicted octanol–water partition coefficient (Wildman–Crippen LogP) is 3.97. The molecule has 0 N–H and O–H groups in total. The lowest BCUT2D eigenvalue weighted by Crippen LogP contribution is -2.13. The number of rotatable bonds is 5. The number of hydrogen-bond acceptors (Lipinski definition) is 1. The Bertz CT molecular complexity index is 346. The lowest BCUT2D eigenvalue weighted by molar-refractivity contribution is 0.345. The molecular weight excluding hydrogens is 208 g/mol. The van der Waals surface area contributed by atoms with E-state index in [1.165, 1.54) is 50.5 Å². The second kappa shape index (κ2) is 5.22. The highest BCUT2D eigenvalue weighted by atomic mass is 16.6. The smallest absolute Gasteiger partial charge is 0.0844 e. The Morgan fingerprint density at radius 1 is 1.00 bits per heavy atom. The average molecular weight is 230 g/mol. The summed E-state index contributed by atoms with van der Waals surface area (Å²) in [4.78, 5) is 0. The van der Waals surface area contributed by atoms with Gasteiger partial charge in [-0.1, -0.05) is 43.2 Å². The molecule has 0 spiro atoms. The third-order valence-corrected chi connectivity index (χ3v) is 4.28. The number of unbranched alkanes of at least 4 members (excludes halogenated alkanes) is 1. The van der Waals surface area contributed by atoms with Gasteiger partial charge in [-0.2, -0.15) is 0 Å². The summed E-state index contributed by atoms with van der Waals surface area (Å²) < 4.78 is 5.58.